The maximum Gasteiger partial charge on any atom is 0.216 e. The van der Waals surface area contributed by atoms with Crippen molar-refractivity contribution in [2.24, 2.45) is 0 Å². The number of carbonyl (C=O) groups excluding carboxylic acids is 1. The summed E-state index contributed by atoms with van der Waals surface area (Å²) in [5, 5.41) is 2.72. The molecule has 0 saturated carbocycles. The monoisotopic (exact) mass is 201 g/mol. The molecule has 0 aromatic carbocycles. The lowest BCUT2D eigenvalue weighted by atomic mass is 10.2. The normalized spacial score (nSPS) is 21.1. The highest BCUT2D eigenvalue weighted by molar-refractivity contribution is 5.72. The SMILES string of the molecule is CC(=O)NCCCOCC1CCCO1. The molecule has 1 rings (SSSR count). The van der Waals surface area contributed by atoms with Crippen LogP contribution in [0.4, 0.5) is 0 Å². The van der Waals surface area contributed by atoms with E-state index in [9.17, 15) is 4.79 Å². The van der Waals surface area contributed by atoms with Crippen molar-refractivity contribution < 1.29 is 14.3 Å². The van der Waals surface area contributed by atoms with Crippen LogP contribution in [-0.2, 0) is 14.3 Å². The number of carbonyl (C=O) groups is 1. The van der Waals surface area contributed by atoms with Crippen LogP contribution in [-0.4, -0.2) is 38.4 Å². The average Bonchev–Trinajstić information content (AvgIpc) is 2.63. The minimum absolute atomic E-state index is 0.0177. The van der Waals surface area contributed by atoms with Crippen molar-refractivity contribution >= 4 is 5.91 Å². The summed E-state index contributed by atoms with van der Waals surface area (Å²) in [6, 6.07) is 0. The second-order valence-corrected chi connectivity index (χ2v) is 3.55. The number of hydrogen-bond acceptors (Lipinski definition) is 3. The van der Waals surface area contributed by atoms with Gasteiger partial charge in [0.25, 0.3) is 0 Å². The Morgan fingerprint density at radius 3 is 3.14 bits per heavy atom. The molecule has 0 aromatic rings. The molecule has 1 N–H and O–H groups in total. The molecule has 1 saturated heterocycles. The summed E-state index contributed by atoms with van der Waals surface area (Å²) < 4.78 is 10.8. The van der Waals surface area contributed by atoms with Gasteiger partial charge in [0.15, 0.2) is 0 Å². The van der Waals surface area contributed by atoms with E-state index in [4.69, 9.17) is 9.47 Å². The molecule has 1 aliphatic heterocycles. The standard InChI is InChI=1S/C10H19NO3/c1-9(12)11-5-3-6-13-8-10-4-2-7-14-10/h10H,2-8H2,1H3,(H,11,12). The Bertz CT molecular complexity index is 167. The fourth-order valence-corrected chi connectivity index (χ4v) is 1.43. The van der Waals surface area contributed by atoms with Crippen molar-refractivity contribution in [1.82, 2.24) is 5.32 Å². The molecule has 1 atom stereocenters. The van der Waals surface area contributed by atoms with Crippen LogP contribution in [0.1, 0.15) is 26.2 Å². The van der Waals surface area contributed by atoms with Gasteiger partial charge in [-0.1, -0.05) is 0 Å². The highest BCUT2D eigenvalue weighted by Gasteiger charge is 2.14. The Morgan fingerprint density at radius 2 is 2.50 bits per heavy atom. The molecule has 4 heteroatoms. The van der Waals surface area contributed by atoms with Crippen LogP contribution in [0.5, 0.6) is 0 Å². The highest BCUT2D eigenvalue weighted by Crippen LogP contribution is 2.11. The number of amides is 1. The number of ether oxygens (including phenoxy) is 2. The molecule has 1 unspecified atom stereocenters. The summed E-state index contributed by atoms with van der Waals surface area (Å²) >= 11 is 0. The van der Waals surface area contributed by atoms with Crippen molar-refractivity contribution in [3.05, 3.63) is 0 Å². The third-order valence-corrected chi connectivity index (χ3v) is 2.17. The first-order valence-corrected chi connectivity index (χ1v) is 5.23. The van der Waals surface area contributed by atoms with Gasteiger partial charge in [0, 0.05) is 26.7 Å². The number of nitrogens with one attached hydrogen (secondary N) is 1. The molecule has 0 aromatic heterocycles. The van der Waals surface area contributed by atoms with Crippen molar-refractivity contribution in [2.45, 2.75) is 32.3 Å². The third kappa shape index (κ3) is 5.19. The molecule has 0 aliphatic carbocycles. The second-order valence-electron chi connectivity index (χ2n) is 3.55. The Morgan fingerprint density at radius 1 is 1.64 bits per heavy atom. The van der Waals surface area contributed by atoms with Crippen LogP contribution in [0.25, 0.3) is 0 Å². The molecule has 14 heavy (non-hydrogen) atoms. The maximum atomic E-state index is 10.5. The van der Waals surface area contributed by atoms with Gasteiger partial charge in [-0.3, -0.25) is 4.79 Å². The Hall–Kier alpha value is -0.610. The predicted molar refractivity (Wildman–Crippen MR) is 53.1 cm³/mol. The lowest BCUT2D eigenvalue weighted by Gasteiger charge is -2.09. The van der Waals surface area contributed by atoms with Crippen molar-refractivity contribution in [2.75, 3.05) is 26.4 Å². The van der Waals surface area contributed by atoms with Crippen LogP contribution in [0.15, 0.2) is 0 Å². The number of rotatable bonds is 6. The summed E-state index contributed by atoms with van der Waals surface area (Å²) in [4.78, 5) is 10.5. The van der Waals surface area contributed by atoms with Gasteiger partial charge in [-0.25, -0.2) is 0 Å². The zero-order valence-electron chi connectivity index (χ0n) is 8.75. The Balaban J connectivity index is 1.82. The molecular weight excluding hydrogens is 182 g/mol. The smallest absolute Gasteiger partial charge is 0.216 e. The summed E-state index contributed by atoms with van der Waals surface area (Å²) in [5.41, 5.74) is 0. The molecule has 1 aliphatic rings. The first-order valence-electron chi connectivity index (χ1n) is 5.23. The molecule has 1 amide bonds. The van der Waals surface area contributed by atoms with E-state index in [1.54, 1.807) is 0 Å². The summed E-state index contributed by atoms with van der Waals surface area (Å²) in [7, 11) is 0. The molecule has 0 bridgehead atoms. The van der Waals surface area contributed by atoms with E-state index in [0.29, 0.717) is 25.9 Å². The van der Waals surface area contributed by atoms with Crippen LogP contribution in [0.3, 0.4) is 0 Å². The maximum absolute atomic E-state index is 10.5. The van der Waals surface area contributed by atoms with E-state index in [1.807, 2.05) is 0 Å². The molecular formula is C10H19NO3. The van der Waals surface area contributed by atoms with Gasteiger partial charge in [-0.15, -0.1) is 0 Å². The Kier molecular flexibility index (Phi) is 5.56. The van der Waals surface area contributed by atoms with E-state index >= 15 is 0 Å². The third-order valence-electron chi connectivity index (χ3n) is 2.17. The summed E-state index contributed by atoms with van der Waals surface area (Å²) in [6.45, 7) is 4.48. The fraction of sp³-hybridized carbons (Fsp3) is 0.900. The quantitative estimate of drug-likeness (QED) is 0.644. The van der Waals surface area contributed by atoms with Crippen LogP contribution >= 0.6 is 0 Å². The second kappa shape index (κ2) is 6.79. The molecule has 82 valence electrons. The van der Waals surface area contributed by atoms with Crippen molar-refractivity contribution in [1.29, 1.82) is 0 Å². The van der Waals surface area contributed by atoms with Gasteiger partial charge in [-0.05, 0) is 19.3 Å². The topological polar surface area (TPSA) is 47.6 Å². The summed E-state index contributed by atoms with van der Waals surface area (Å²) in [5.74, 6) is 0.0177. The Labute approximate surface area is 85.0 Å². The first-order chi connectivity index (χ1) is 6.79. The molecule has 0 spiro atoms. The molecule has 4 nitrogen and oxygen atoms in total. The highest BCUT2D eigenvalue weighted by atomic mass is 16.5. The number of hydrogen-bond donors (Lipinski definition) is 1. The minimum atomic E-state index is 0.0177. The van der Waals surface area contributed by atoms with E-state index < -0.39 is 0 Å². The lowest BCUT2D eigenvalue weighted by Crippen LogP contribution is -2.22. The van der Waals surface area contributed by atoms with Gasteiger partial charge in [0.2, 0.25) is 5.91 Å². The molecule has 1 fully saturated rings. The van der Waals surface area contributed by atoms with Crippen LogP contribution in [0.2, 0.25) is 0 Å². The molecule has 1 heterocycles. The van der Waals surface area contributed by atoms with Crippen LogP contribution in [0, 0.1) is 0 Å². The van der Waals surface area contributed by atoms with Crippen LogP contribution < -0.4 is 5.32 Å². The minimum Gasteiger partial charge on any atom is -0.379 e. The fourth-order valence-electron chi connectivity index (χ4n) is 1.43. The van der Waals surface area contributed by atoms with E-state index in [0.717, 1.165) is 25.9 Å². The lowest BCUT2D eigenvalue weighted by molar-refractivity contribution is -0.119. The van der Waals surface area contributed by atoms with Crippen molar-refractivity contribution in [3.63, 3.8) is 0 Å². The van der Waals surface area contributed by atoms with E-state index in [1.165, 1.54) is 6.92 Å². The predicted octanol–water partition coefficient (Wildman–Crippen LogP) is 0.708. The largest absolute Gasteiger partial charge is 0.379 e. The average molecular weight is 201 g/mol. The van der Waals surface area contributed by atoms with Gasteiger partial charge >= 0.3 is 0 Å². The van der Waals surface area contributed by atoms with Gasteiger partial charge < -0.3 is 14.8 Å². The summed E-state index contributed by atoms with van der Waals surface area (Å²) in [6.07, 6.45) is 3.44. The zero-order chi connectivity index (χ0) is 10.2. The zero-order valence-corrected chi connectivity index (χ0v) is 8.75. The van der Waals surface area contributed by atoms with E-state index in [2.05, 4.69) is 5.32 Å². The first kappa shape index (κ1) is 11.5. The van der Waals surface area contributed by atoms with Gasteiger partial charge in [-0.2, -0.15) is 0 Å². The van der Waals surface area contributed by atoms with Crippen molar-refractivity contribution in [3.8, 4) is 0 Å². The van der Waals surface area contributed by atoms with Gasteiger partial charge in [0.1, 0.15) is 0 Å². The molecule has 0 radical (unpaired) electrons. The van der Waals surface area contributed by atoms with E-state index in [-0.39, 0.29) is 5.91 Å². The van der Waals surface area contributed by atoms with Gasteiger partial charge in [0.05, 0.1) is 12.7 Å².